The van der Waals surface area contributed by atoms with Crippen LogP contribution in [-0.4, -0.2) is 39.0 Å². The highest BCUT2D eigenvalue weighted by Crippen LogP contribution is 2.22. The molecule has 0 radical (unpaired) electrons. The van der Waals surface area contributed by atoms with Crippen molar-refractivity contribution in [1.29, 1.82) is 0 Å². The molecule has 2 aromatic heterocycles. The number of carbonyl (C=O) groups is 1. The van der Waals surface area contributed by atoms with E-state index in [-0.39, 0.29) is 18.8 Å². The molecule has 0 saturated heterocycles. The number of urea groups is 1. The summed E-state index contributed by atoms with van der Waals surface area (Å²) in [5, 5.41) is 9.70. The molecular weight excluding hydrogens is 348 g/mol. The second-order valence-corrected chi connectivity index (χ2v) is 5.68. The zero-order chi connectivity index (χ0) is 19.2. The molecule has 2 N–H and O–H groups in total. The normalized spacial score (nSPS) is 10.4. The molecule has 0 saturated carbocycles. The Hall–Kier alpha value is -3.62. The summed E-state index contributed by atoms with van der Waals surface area (Å²) in [6, 6.07) is 12.1. The number of aromatic nitrogens is 4. The third-order valence-corrected chi connectivity index (χ3v) is 3.90. The maximum Gasteiger partial charge on any atom is 0.346 e. The molecule has 0 spiro atoms. The van der Waals surface area contributed by atoms with Gasteiger partial charge in [0.05, 0.1) is 19.3 Å². The van der Waals surface area contributed by atoms with Gasteiger partial charge >= 0.3 is 11.7 Å². The number of amides is 2. The van der Waals surface area contributed by atoms with E-state index in [2.05, 4.69) is 20.7 Å². The van der Waals surface area contributed by atoms with Gasteiger partial charge in [-0.05, 0) is 24.3 Å². The zero-order valence-electron chi connectivity index (χ0n) is 15.0. The van der Waals surface area contributed by atoms with Crippen LogP contribution in [0, 0.1) is 0 Å². The van der Waals surface area contributed by atoms with Crippen molar-refractivity contribution < 1.29 is 9.53 Å². The molecule has 0 unspecified atom stereocenters. The van der Waals surface area contributed by atoms with Gasteiger partial charge < -0.3 is 15.4 Å². The van der Waals surface area contributed by atoms with Gasteiger partial charge in [-0.1, -0.05) is 18.2 Å². The van der Waals surface area contributed by atoms with Crippen LogP contribution in [0.4, 0.5) is 10.5 Å². The average Bonchev–Trinajstić information content (AvgIpc) is 2.98. The summed E-state index contributed by atoms with van der Waals surface area (Å²) in [6.07, 6.45) is 1.64. The van der Waals surface area contributed by atoms with E-state index < -0.39 is 6.03 Å². The number of anilines is 1. The van der Waals surface area contributed by atoms with Crippen molar-refractivity contribution in [2.45, 2.75) is 6.54 Å². The molecular formula is C18H20N6O3. The predicted molar refractivity (Wildman–Crippen MR) is 101 cm³/mol. The number of hydrogen-bond acceptors (Lipinski definition) is 5. The lowest BCUT2D eigenvalue weighted by molar-refractivity contribution is 0.251. The van der Waals surface area contributed by atoms with Crippen molar-refractivity contribution in [2.75, 3.05) is 19.0 Å². The molecule has 1 aromatic carbocycles. The number of para-hydroxylation sites is 2. The summed E-state index contributed by atoms with van der Waals surface area (Å²) in [4.78, 5) is 28.6. The number of pyridine rings is 1. The second kappa shape index (κ2) is 8.17. The number of ether oxygens (including phenoxy) is 1. The number of benzene rings is 1. The molecule has 3 aromatic rings. The maximum atomic E-state index is 12.3. The summed E-state index contributed by atoms with van der Waals surface area (Å²) < 4.78 is 7.91. The Morgan fingerprint density at radius 2 is 1.96 bits per heavy atom. The highest BCUT2D eigenvalue weighted by molar-refractivity contribution is 5.90. The lowest BCUT2D eigenvalue weighted by atomic mass is 10.3. The van der Waals surface area contributed by atoms with Gasteiger partial charge in [0.2, 0.25) is 0 Å². The molecule has 0 aliphatic rings. The molecule has 0 aliphatic carbocycles. The molecule has 3 rings (SSSR count). The molecule has 0 bridgehead atoms. The van der Waals surface area contributed by atoms with E-state index in [1.54, 1.807) is 43.6 Å². The van der Waals surface area contributed by atoms with E-state index in [0.29, 0.717) is 23.0 Å². The van der Waals surface area contributed by atoms with Crippen LogP contribution < -0.4 is 21.1 Å². The summed E-state index contributed by atoms with van der Waals surface area (Å²) in [6.45, 7) is 0.471. The molecule has 0 atom stereocenters. The van der Waals surface area contributed by atoms with Crippen molar-refractivity contribution >= 4 is 11.7 Å². The number of rotatable bonds is 6. The Labute approximate surface area is 155 Å². The van der Waals surface area contributed by atoms with Crippen LogP contribution >= 0.6 is 0 Å². The van der Waals surface area contributed by atoms with Gasteiger partial charge in [0, 0.05) is 19.8 Å². The second-order valence-electron chi connectivity index (χ2n) is 5.68. The largest absolute Gasteiger partial charge is 0.495 e. The van der Waals surface area contributed by atoms with Crippen LogP contribution in [0.2, 0.25) is 0 Å². The SMILES string of the molecule is COc1ccccc1NC(=O)NCCn1nc(-c2ccccn2)n(C)c1=O. The van der Waals surface area contributed by atoms with Gasteiger partial charge in [-0.25, -0.2) is 14.3 Å². The van der Waals surface area contributed by atoms with Crippen LogP contribution in [0.5, 0.6) is 5.75 Å². The van der Waals surface area contributed by atoms with Gasteiger partial charge in [-0.15, -0.1) is 5.10 Å². The van der Waals surface area contributed by atoms with Crippen LogP contribution in [0.25, 0.3) is 11.5 Å². The Balaban J connectivity index is 1.61. The fraction of sp³-hybridized carbons (Fsp3) is 0.222. The zero-order valence-corrected chi connectivity index (χ0v) is 15.0. The van der Waals surface area contributed by atoms with Crippen molar-refractivity contribution in [2.24, 2.45) is 7.05 Å². The quantitative estimate of drug-likeness (QED) is 0.686. The summed E-state index contributed by atoms with van der Waals surface area (Å²) in [5.41, 5.74) is 0.894. The molecule has 0 aliphatic heterocycles. The molecule has 0 fully saturated rings. The monoisotopic (exact) mass is 368 g/mol. The lowest BCUT2D eigenvalue weighted by Crippen LogP contribution is -2.34. The number of nitrogens with one attached hydrogen (secondary N) is 2. The Morgan fingerprint density at radius 3 is 2.70 bits per heavy atom. The van der Waals surface area contributed by atoms with Crippen LogP contribution in [0.15, 0.2) is 53.5 Å². The first kappa shape index (κ1) is 18.2. The van der Waals surface area contributed by atoms with Crippen LogP contribution in [0.1, 0.15) is 0 Å². The minimum absolute atomic E-state index is 0.235. The molecule has 2 heterocycles. The number of carbonyl (C=O) groups excluding carboxylic acids is 1. The van der Waals surface area contributed by atoms with Crippen molar-refractivity contribution in [3.05, 3.63) is 59.1 Å². The van der Waals surface area contributed by atoms with Gasteiger partial charge in [0.1, 0.15) is 11.4 Å². The van der Waals surface area contributed by atoms with Gasteiger partial charge in [-0.2, -0.15) is 0 Å². The lowest BCUT2D eigenvalue weighted by Gasteiger charge is -2.10. The van der Waals surface area contributed by atoms with E-state index in [4.69, 9.17) is 4.74 Å². The van der Waals surface area contributed by atoms with Gasteiger partial charge in [0.25, 0.3) is 0 Å². The Bertz CT molecular complexity index is 980. The average molecular weight is 368 g/mol. The number of methoxy groups -OCH3 is 1. The summed E-state index contributed by atoms with van der Waals surface area (Å²) >= 11 is 0. The molecule has 140 valence electrons. The summed E-state index contributed by atoms with van der Waals surface area (Å²) in [7, 11) is 3.17. The minimum Gasteiger partial charge on any atom is -0.495 e. The minimum atomic E-state index is -0.395. The first-order valence-corrected chi connectivity index (χ1v) is 8.33. The Kier molecular flexibility index (Phi) is 5.50. The third kappa shape index (κ3) is 4.14. The number of hydrogen-bond donors (Lipinski definition) is 2. The third-order valence-electron chi connectivity index (χ3n) is 3.90. The fourth-order valence-corrected chi connectivity index (χ4v) is 2.54. The van der Waals surface area contributed by atoms with E-state index in [9.17, 15) is 9.59 Å². The molecule has 9 heteroatoms. The van der Waals surface area contributed by atoms with Crippen molar-refractivity contribution in [3.63, 3.8) is 0 Å². The van der Waals surface area contributed by atoms with E-state index in [0.717, 1.165) is 0 Å². The van der Waals surface area contributed by atoms with E-state index in [1.807, 2.05) is 12.1 Å². The predicted octanol–water partition coefficient (Wildman–Crippen LogP) is 1.47. The van der Waals surface area contributed by atoms with Crippen LogP contribution in [0.3, 0.4) is 0 Å². The van der Waals surface area contributed by atoms with E-state index >= 15 is 0 Å². The standard InChI is InChI=1S/C18H20N6O3/c1-23-16(14-8-5-6-10-19-14)22-24(18(23)26)12-11-20-17(25)21-13-7-3-4-9-15(13)27-2/h3-10H,11-12H2,1-2H3,(H2,20,21,25). The molecule has 27 heavy (non-hydrogen) atoms. The smallest absolute Gasteiger partial charge is 0.346 e. The van der Waals surface area contributed by atoms with E-state index in [1.165, 1.54) is 16.4 Å². The molecule has 2 amide bonds. The van der Waals surface area contributed by atoms with Crippen molar-refractivity contribution in [3.8, 4) is 17.3 Å². The Morgan fingerprint density at radius 1 is 1.19 bits per heavy atom. The van der Waals surface area contributed by atoms with Crippen LogP contribution in [-0.2, 0) is 13.6 Å². The maximum absolute atomic E-state index is 12.3. The fourth-order valence-electron chi connectivity index (χ4n) is 2.54. The van der Waals surface area contributed by atoms with Crippen molar-refractivity contribution in [1.82, 2.24) is 24.6 Å². The first-order valence-electron chi connectivity index (χ1n) is 8.33. The topological polar surface area (TPSA) is 103 Å². The first-order chi connectivity index (χ1) is 13.1. The van der Waals surface area contributed by atoms with Gasteiger partial charge in [0.15, 0.2) is 5.82 Å². The molecule has 9 nitrogen and oxygen atoms in total. The highest BCUT2D eigenvalue weighted by Gasteiger charge is 2.13. The van der Waals surface area contributed by atoms with Gasteiger partial charge in [-0.3, -0.25) is 9.55 Å². The summed E-state index contributed by atoms with van der Waals surface area (Å²) in [5.74, 6) is 1.03. The number of nitrogens with zero attached hydrogens (tertiary/aromatic N) is 4. The highest BCUT2D eigenvalue weighted by atomic mass is 16.5.